The number of aromatic nitrogens is 4. The molecular weight excluding hydrogens is 360 g/mol. The summed E-state index contributed by atoms with van der Waals surface area (Å²) in [5, 5.41) is 3.21. The molecule has 2 N–H and O–H groups in total. The SMILES string of the molecule is CC.Cc1ccc2c(c1)c1cnc(N)nc1c1c2nc2cc(CN(C)C)ccn21. The summed E-state index contributed by atoms with van der Waals surface area (Å²) < 4.78 is 2.10. The molecule has 0 aliphatic heterocycles. The molecule has 6 nitrogen and oxygen atoms in total. The quantitative estimate of drug-likeness (QED) is 0.450. The molecule has 5 rings (SSSR count). The van der Waals surface area contributed by atoms with Gasteiger partial charge in [-0.2, -0.15) is 0 Å². The van der Waals surface area contributed by atoms with E-state index in [2.05, 4.69) is 76.8 Å². The molecule has 0 atom stereocenters. The summed E-state index contributed by atoms with van der Waals surface area (Å²) in [6, 6.07) is 10.7. The number of nitrogens with zero attached hydrogens (tertiary/aromatic N) is 5. The van der Waals surface area contributed by atoms with Gasteiger partial charge in [-0.05, 0) is 44.1 Å². The highest BCUT2D eigenvalue weighted by Crippen LogP contribution is 2.34. The topological polar surface area (TPSA) is 72.3 Å². The lowest BCUT2D eigenvalue weighted by atomic mass is 10.0. The molecule has 29 heavy (non-hydrogen) atoms. The molecular formula is C23H26N6. The molecule has 0 aliphatic carbocycles. The molecule has 0 radical (unpaired) electrons. The molecule has 2 aromatic carbocycles. The van der Waals surface area contributed by atoms with Crippen LogP contribution >= 0.6 is 0 Å². The number of hydrogen-bond donors (Lipinski definition) is 1. The van der Waals surface area contributed by atoms with Crippen LogP contribution in [-0.2, 0) is 6.54 Å². The van der Waals surface area contributed by atoms with Gasteiger partial charge in [0.1, 0.15) is 16.7 Å². The van der Waals surface area contributed by atoms with Crippen LogP contribution in [0.25, 0.3) is 38.4 Å². The highest BCUT2D eigenvalue weighted by molar-refractivity contribution is 6.22. The van der Waals surface area contributed by atoms with Crippen LogP contribution in [-0.4, -0.2) is 38.3 Å². The van der Waals surface area contributed by atoms with Crippen molar-refractivity contribution in [2.75, 3.05) is 19.8 Å². The Morgan fingerprint density at radius 3 is 2.48 bits per heavy atom. The van der Waals surface area contributed by atoms with E-state index in [1.54, 1.807) is 0 Å². The number of imidazole rings is 1. The van der Waals surface area contributed by atoms with Crippen LogP contribution < -0.4 is 5.73 Å². The first-order chi connectivity index (χ1) is 14.0. The fraction of sp³-hybridized carbons (Fsp3) is 0.261. The molecule has 0 aliphatic rings. The summed E-state index contributed by atoms with van der Waals surface area (Å²) in [4.78, 5) is 15.9. The number of pyridine rings is 1. The number of benzene rings is 2. The maximum Gasteiger partial charge on any atom is 0.220 e. The van der Waals surface area contributed by atoms with Crippen molar-refractivity contribution in [1.82, 2.24) is 24.3 Å². The molecule has 3 aromatic heterocycles. The van der Waals surface area contributed by atoms with E-state index in [1.807, 2.05) is 20.0 Å². The zero-order valence-electron chi connectivity index (χ0n) is 17.6. The minimum atomic E-state index is 0.273. The Morgan fingerprint density at radius 1 is 0.966 bits per heavy atom. The largest absolute Gasteiger partial charge is 0.368 e. The molecule has 148 valence electrons. The summed E-state index contributed by atoms with van der Waals surface area (Å²) in [7, 11) is 4.13. The monoisotopic (exact) mass is 386 g/mol. The lowest BCUT2D eigenvalue weighted by Gasteiger charge is -2.10. The van der Waals surface area contributed by atoms with Gasteiger partial charge in [0.25, 0.3) is 0 Å². The van der Waals surface area contributed by atoms with Crippen LogP contribution in [0.15, 0.2) is 42.7 Å². The van der Waals surface area contributed by atoms with E-state index in [9.17, 15) is 0 Å². The lowest BCUT2D eigenvalue weighted by Crippen LogP contribution is -2.10. The smallest absolute Gasteiger partial charge is 0.220 e. The van der Waals surface area contributed by atoms with Crippen molar-refractivity contribution in [2.45, 2.75) is 27.3 Å². The van der Waals surface area contributed by atoms with Crippen LogP contribution in [0.1, 0.15) is 25.0 Å². The predicted molar refractivity (Wildman–Crippen MR) is 121 cm³/mol. The molecule has 0 spiro atoms. The van der Waals surface area contributed by atoms with Gasteiger partial charge in [0.2, 0.25) is 5.95 Å². The first-order valence-electron chi connectivity index (χ1n) is 9.91. The summed E-state index contributed by atoms with van der Waals surface area (Å²) in [5.41, 5.74) is 12.0. The van der Waals surface area contributed by atoms with E-state index < -0.39 is 0 Å². The molecule has 0 bridgehead atoms. The molecule has 0 amide bonds. The Morgan fingerprint density at radius 2 is 1.72 bits per heavy atom. The van der Waals surface area contributed by atoms with Crippen molar-refractivity contribution in [2.24, 2.45) is 0 Å². The summed E-state index contributed by atoms with van der Waals surface area (Å²) in [6.45, 7) is 6.96. The fourth-order valence-corrected chi connectivity index (χ4v) is 3.82. The second kappa shape index (κ2) is 7.29. The van der Waals surface area contributed by atoms with Crippen LogP contribution in [0.2, 0.25) is 0 Å². The highest BCUT2D eigenvalue weighted by Gasteiger charge is 2.16. The maximum atomic E-state index is 5.92. The minimum Gasteiger partial charge on any atom is -0.368 e. The standard InChI is InChI=1S/C21H20N6.C2H6/c1-12-4-5-14-15(8-12)16-10-23-21(22)25-19(16)20-18(14)24-17-9-13(11-26(2)3)6-7-27(17)20;1-2/h4-10H,11H2,1-3H3,(H2,22,23,25);1-2H3. The maximum absolute atomic E-state index is 5.92. The van der Waals surface area contributed by atoms with E-state index in [1.165, 1.54) is 11.1 Å². The van der Waals surface area contributed by atoms with Gasteiger partial charge < -0.3 is 10.6 Å². The zero-order chi connectivity index (χ0) is 20.7. The second-order valence-corrected chi connectivity index (χ2v) is 7.35. The Labute approximate surface area is 170 Å². The summed E-state index contributed by atoms with van der Waals surface area (Å²) in [5.74, 6) is 0.273. The summed E-state index contributed by atoms with van der Waals surface area (Å²) in [6.07, 6.45) is 3.89. The van der Waals surface area contributed by atoms with Gasteiger partial charge in [-0.25, -0.2) is 15.0 Å². The van der Waals surface area contributed by atoms with Crippen molar-refractivity contribution in [3.8, 4) is 0 Å². The van der Waals surface area contributed by atoms with Crippen molar-refractivity contribution in [3.63, 3.8) is 0 Å². The Bertz CT molecular complexity index is 1350. The first-order valence-corrected chi connectivity index (χ1v) is 9.91. The minimum absolute atomic E-state index is 0.273. The van der Waals surface area contributed by atoms with Crippen molar-refractivity contribution >= 4 is 44.3 Å². The van der Waals surface area contributed by atoms with E-state index >= 15 is 0 Å². The Balaban J connectivity index is 0.000000994. The molecule has 5 aromatic rings. The third-order valence-corrected chi connectivity index (χ3v) is 4.94. The lowest BCUT2D eigenvalue weighted by molar-refractivity contribution is 0.402. The van der Waals surface area contributed by atoms with Crippen LogP contribution in [0.4, 0.5) is 5.95 Å². The zero-order valence-corrected chi connectivity index (χ0v) is 17.6. The molecule has 0 fully saturated rings. The number of fused-ring (bicyclic) bond motifs is 8. The number of hydrogen-bond acceptors (Lipinski definition) is 5. The number of rotatable bonds is 2. The first kappa shape index (κ1) is 19.1. The Kier molecular flexibility index (Phi) is 4.80. The number of nitrogens with two attached hydrogens (primary N) is 1. The van der Waals surface area contributed by atoms with E-state index in [-0.39, 0.29) is 5.95 Å². The number of aryl methyl sites for hydroxylation is 1. The average Bonchev–Trinajstić information content (AvgIpc) is 3.08. The highest BCUT2D eigenvalue weighted by atomic mass is 15.1. The van der Waals surface area contributed by atoms with Crippen LogP contribution in [0.3, 0.4) is 0 Å². The fourth-order valence-electron chi connectivity index (χ4n) is 3.82. The average molecular weight is 387 g/mol. The molecule has 0 saturated carbocycles. The van der Waals surface area contributed by atoms with Crippen molar-refractivity contribution < 1.29 is 0 Å². The molecule has 6 heteroatoms. The van der Waals surface area contributed by atoms with Crippen molar-refractivity contribution in [1.29, 1.82) is 0 Å². The third-order valence-electron chi connectivity index (χ3n) is 4.94. The van der Waals surface area contributed by atoms with Gasteiger partial charge >= 0.3 is 0 Å². The van der Waals surface area contributed by atoms with Gasteiger partial charge in [-0.15, -0.1) is 0 Å². The van der Waals surface area contributed by atoms with E-state index in [0.29, 0.717) is 0 Å². The molecule has 3 heterocycles. The predicted octanol–water partition coefficient (Wildman–Crippen LogP) is 4.56. The third kappa shape index (κ3) is 3.15. The second-order valence-electron chi connectivity index (χ2n) is 7.35. The van der Waals surface area contributed by atoms with Crippen LogP contribution in [0.5, 0.6) is 0 Å². The van der Waals surface area contributed by atoms with Gasteiger partial charge in [0, 0.05) is 29.7 Å². The van der Waals surface area contributed by atoms with Gasteiger partial charge in [-0.3, -0.25) is 4.40 Å². The van der Waals surface area contributed by atoms with Gasteiger partial charge in [0.05, 0.1) is 5.52 Å². The van der Waals surface area contributed by atoms with Crippen molar-refractivity contribution in [3.05, 3.63) is 53.9 Å². The van der Waals surface area contributed by atoms with Gasteiger partial charge in [0.15, 0.2) is 0 Å². The van der Waals surface area contributed by atoms with E-state index in [0.717, 1.165) is 44.9 Å². The number of anilines is 1. The normalized spacial score (nSPS) is 11.5. The van der Waals surface area contributed by atoms with E-state index in [4.69, 9.17) is 10.7 Å². The molecule has 0 unspecified atom stereocenters. The van der Waals surface area contributed by atoms with Gasteiger partial charge in [-0.1, -0.05) is 37.6 Å². The number of nitrogen functional groups attached to an aromatic ring is 1. The van der Waals surface area contributed by atoms with Crippen LogP contribution in [0, 0.1) is 6.92 Å². The molecule has 0 saturated heterocycles. The Hall–Kier alpha value is -3.25. The summed E-state index contributed by atoms with van der Waals surface area (Å²) >= 11 is 0.